The molecular formula is C14H14N2O3S2. The average molecular weight is 322 g/mol. The zero-order valence-corrected chi connectivity index (χ0v) is 12.7. The second-order valence-electron chi connectivity index (χ2n) is 5.01. The monoisotopic (exact) mass is 322 g/mol. The van der Waals surface area contributed by atoms with E-state index in [1.165, 1.54) is 11.3 Å². The molecule has 1 aliphatic carbocycles. The standard InChI is InChI=1S/C14H14N2O3S2/c17-12(15-10-3-1-2-9(10)14(18)19)11-7-21-13(16-11)8-4-5-20-6-8/h4-7,9-10H,1-3H2,(H,15,17)(H,18,19). The number of carbonyl (C=O) groups excluding carboxylic acids is 1. The Bertz CT molecular complexity index is 651. The summed E-state index contributed by atoms with van der Waals surface area (Å²) >= 11 is 3.00. The fraction of sp³-hybridized carbons (Fsp3) is 0.357. The van der Waals surface area contributed by atoms with E-state index in [-0.39, 0.29) is 11.9 Å². The molecule has 2 heterocycles. The van der Waals surface area contributed by atoms with Crippen molar-refractivity contribution in [2.75, 3.05) is 0 Å². The Balaban J connectivity index is 1.70. The molecule has 0 spiro atoms. The Kier molecular flexibility index (Phi) is 4.03. The predicted octanol–water partition coefficient (Wildman–Crippen LogP) is 2.85. The van der Waals surface area contributed by atoms with Crippen molar-refractivity contribution in [1.29, 1.82) is 0 Å². The molecule has 0 radical (unpaired) electrons. The normalized spacial score (nSPS) is 21.3. The zero-order chi connectivity index (χ0) is 14.8. The number of thiophene rings is 1. The molecule has 3 rings (SSSR count). The van der Waals surface area contributed by atoms with E-state index >= 15 is 0 Å². The van der Waals surface area contributed by atoms with Crippen molar-refractivity contribution < 1.29 is 14.7 Å². The summed E-state index contributed by atoms with van der Waals surface area (Å²) in [7, 11) is 0. The average Bonchev–Trinajstić information content (AvgIpc) is 3.19. The minimum Gasteiger partial charge on any atom is -0.481 e. The van der Waals surface area contributed by atoms with E-state index in [4.69, 9.17) is 5.11 Å². The molecule has 0 saturated heterocycles. The summed E-state index contributed by atoms with van der Waals surface area (Å²) < 4.78 is 0. The topological polar surface area (TPSA) is 79.3 Å². The number of carboxylic acid groups (broad SMARTS) is 1. The van der Waals surface area contributed by atoms with Crippen molar-refractivity contribution >= 4 is 34.6 Å². The lowest BCUT2D eigenvalue weighted by atomic mass is 10.0. The first kappa shape index (κ1) is 14.2. The number of nitrogens with zero attached hydrogens (tertiary/aromatic N) is 1. The molecule has 2 aromatic rings. The number of aromatic nitrogens is 1. The van der Waals surface area contributed by atoms with Crippen LogP contribution in [0.1, 0.15) is 29.8 Å². The van der Waals surface area contributed by atoms with Gasteiger partial charge in [0.25, 0.3) is 5.91 Å². The third kappa shape index (κ3) is 2.98. The highest BCUT2D eigenvalue weighted by Crippen LogP contribution is 2.28. The van der Waals surface area contributed by atoms with Crippen molar-refractivity contribution in [3.8, 4) is 10.6 Å². The Hall–Kier alpha value is -1.73. The number of aliphatic carboxylic acids is 1. The van der Waals surface area contributed by atoms with Crippen LogP contribution >= 0.6 is 22.7 Å². The maximum atomic E-state index is 12.2. The maximum Gasteiger partial charge on any atom is 0.308 e. The van der Waals surface area contributed by atoms with E-state index in [2.05, 4.69) is 10.3 Å². The number of nitrogens with one attached hydrogen (secondary N) is 1. The third-order valence-corrected chi connectivity index (χ3v) is 5.23. The number of hydrogen-bond acceptors (Lipinski definition) is 5. The van der Waals surface area contributed by atoms with Crippen LogP contribution in [-0.4, -0.2) is 28.0 Å². The minimum atomic E-state index is -0.838. The molecule has 7 heteroatoms. The van der Waals surface area contributed by atoms with Gasteiger partial charge < -0.3 is 10.4 Å². The predicted molar refractivity (Wildman–Crippen MR) is 81.7 cm³/mol. The third-order valence-electron chi connectivity index (χ3n) is 3.65. The number of rotatable bonds is 4. The van der Waals surface area contributed by atoms with E-state index in [1.54, 1.807) is 16.7 Å². The number of amides is 1. The van der Waals surface area contributed by atoms with E-state index in [0.717, 1.165) is 17.0 Å². The van der Waals surface area contributed by atoms with E-state index in [0.29, 0.717) is 18.5 Å². The van der Waals surface area contributed by atoms with E-state index in [9.17, 15) is 9.59 Å². The molecule has 0 aliphatic heterocycles. The van der Waals surface area contributed by atoms with Crippen molar-refractivity contribution in [3.05, 3.63) is 27.9 Å². The molecule has 2 N–H and O–H groups in total. The van der Waals surface area contributed by atoms with Gasteiger partial charge in [-0.1, -0.05) is 6.42 Å². The highest BCUT2D eigenvalue weighted by atomic mass is 32.1. The Morgan fingerprint density at radius 2 is 2.19 bits per heavy atom. The fourth-order valence-electron chi connectivity index (χ4n) is 2.57. The minimum absolute atomic E-state index is 0.286. The molecule has 2 atom stereocenters. The quantitative estimate of drug-likeness (QED) is 0.907. The van der Waals surface area contributed by atoms with Crippen LogP contribution in [-0.2, 0) is 4.79 Å². The van der Waals surface area contributed by atoms with Gasteiger partial charge in [0.1, 0.15) is 10.7 Å². The summed E-state index contributed by atoms with van der Waals surface area (Å²) in [5.74, 6) is -1.61. The number of thiazole rings is 1. The van der Waals surface area contributed by atoms with Gasteiger partial charge in [0.15, 0.2) is 0 Å². The fourth-order valence-corrected chi connectivity index (χ4v) is 4.08. The molecule has 1 saturated carbocycles. The van der Waals surface area contributed by atoms with Gasteiger partial charge in [0.2, 0.25) is 0 Å². The number of carboxylic acids is 1. The van der Waals surface area contributed by atoms with Crippen LogP contribution in [0, 0.1) is 5.92 Å². The molecule has 2 aromatic heterocycles. The zero-order valence-electron chi connectivity index (χ0n) is 11.1. The lowest BCUT2D eigenvalue weighted by Crippen LogP contribution is -2.40. The molecule has 0 aromatic carbocycles. The van der Waals surface area contributed by atoms with Crippen LogP contribution in [0.25, 0.3) is 10.6 Å². The lowest BCUT2D eigenvalue weighted by Gasteiger charge is -2.16. The highest BCUT2D eigenvalue weighted by molar-refractivity contribution is 7.14. The van der Waals surface area contributed by atoms with Crippen LogP contribution in [0.4, 0.5) is 0 Å². The van der Waals surface area contributed by atoms with Gasteiger partial charge in [-0.25, -0.2) is 4.98 Å². The molecule has 1 amide bonds. The highest BCUT2D eigenvalue weighted by Gasteiger charge is 2.34. The first-order valence-electron chi connectivity index (χ1n) is 6.67. The van der Waals surface area contributed by atoms with Gasteiger partial charge in [-0.15, -0.1) is 11.3 Å². The van der Waals surface area contributed by atoms with Crippen LogP contribution in [0.2, 0.25) is 0 Å². The van der Waals surface area contributed by atoms with Gasteiger partial charge in [-0.05, 0) is 24.3 Å². The summed E-state index contributed by atoms with van der Waals surface area (Å²) in [4.78, 5) is 27.7. The molecule has 110 valence electrons. The van der Waals surface area contributed by atoms with Crippen molar-refractivity contribution in [3.63, 3.8) is 0 Å². The number of hydrogen-bond donors (Lipinski definition) is 2. The van der Waals surface area contributed by atoms with E-state index < -0.39 is 11.9 Å². The maximum absolute atomic E-state index is 12.2. The van der Waals surface area contributed by atoms with Crippen LogP contribution in [0.5, 0.6) is 0 Å². The van der Waals surface area contributed by atoms with Crippen molar-refractivity contribution in [1.82, 2.24) is 10.3 Å². The molecular weight excluding hydrogens is 308 g/mol. The summed E-state index contributed by atoms with van der Waals surface area (Å²) in [6.07, 6.45) is 2.17. The second kappa shape index (κ2) is 5.95. The van der Waals surface area contributed by atoms with E-state index in [1.807, 2.05) is 16.8 Å². The summed E-state index contributed by atoms with van der Waals surface area (Å²) in [5, 5.41) is 18.4. The largest absolute Gasteiger partial charge is 0.481 e. The van der Waals surface area contributed by atoms with Crippen LogP contribution in [0.15, 0.2) is 22.2 Å². The van der Waals surface area contributed by atoms with Gasteiger partial charge in [0.05, 0.1) is 5.92 Å². The Morgan fingerprint density at radius 3 is 2.90 bits per heavy atom. The molecule has 21 heavy (non-hydrogen) atoms. The molecule has 5 nitrogen and oxygen atoms in total. The van der Waals surface area contributed by atoms with Gasteiger partial charge in [-0.3, -0.25) is 9.59 Å². The van der Waals surface area contributed by atoms with Gasteiger partial charge in [-0.2, -0.15) is 11.3 Å². The smallest absolute Gasteiger partial charge is 0.308 e. The summed E-state index contributed by atoms with van der Waals surface area (Å²) in [6, 6.07) is 1.67. The summed E-state index contributed by atoms with van der Waals surface area (Å²) in [5.41, 5.74) is 1.37. The van der Waals surface area contributed by atoms with Gasteiger partial charge >= 0.3 is 5.97 Å². The SMILES string of the molecule is O=C(NC1CCCC1C(=O)O)c1csc(-c2ccsc2)n1. The summed E-state index contributed by atoms with van der Waals surface area (Å²) in [6.45, 7) is 0. The van der Waals surface area contributed by atoms with Crippen LogP contribution in [0.3, 0.4) is 0 Å². The van der Waals surface area contributed by atoms with Crippen molar-refractivity contribution in [2.45, 2.75) is 25.3 Å². The first-order chi connectivity index (χ1) is 10.1. The molecule has 1 fully saturated rings. The molecule has 1 aliphatic rings. The van der Waals surface area contributed by atoms with Gasteiger partial charge in [0, 0.05) is 22.4 Å². The molecule has 0 bridgehead atoms. The lowest BCUT2D eigenvalue weighted by molar-refractivity contribution is -0.142. The van der Waals surface area contributed by atoms with Crippen LogP contribution < -0.4 is 5.32 Å². The number of carbonyl (C=O) groups is 2. The Morgan fingerprint density at radius 1 is 1.33 bits per heavy atom. The second-order valence-corrected chi connectivity index (χ2v) is 6.64. The molecule has 2 unspecified atom stereocenters. The Labute approximate surface area is 129 Å². The van der Waals surface area contributed by atoms with Crippen molar-refractivity contribution in [2.24, 2.45) is 5.92 Å². The first-order valence-corrected chi connectivity index (χ1v) is 8.49.